The maximum Gasteiger partial charge on any atom is 0.347 e. The largest absolute Gasteiger partial charge is 0.477 e. The van der Waals surface area contributed by atoms with E-state index in [2.05, 4.69) is 53.2 Å². The molecule has 0 aliphatic heterocycles. The standard InChI is InChI=1S/C20H20N2O2S/c1-2-11-22(20-21-12-18(25-20)19(23)24)17-10-9-14(13-7-8-13)15-5-3-4-6-16(15)17/h3-6,9-10,12-13H,2,7-8,11H2,1H3,(H,23,24). The van der Waals surface area contributed by atoms with Crippen molar-refractivity contribution in [1.29, 1.82) is 0 Å². The van der Waals surface area contributed by atoms with E-state index in [0.717, 1.165) is 23.8 Å². The zero-order valence-corrected chi connectivity index (χ0v) is 14.9. The van der Waals surface area contributed by atoms with Crippen LogP contribution in [-0.2, 0) is 0 Å². The summed E-state index contributed by atoms with van der Waals surface area (Å²) < 4.78 is 0. The number of carbonyl (C=O) groups is 1. The SMILES string of the molecule is CCCN(c1ncc(C(=O)O)s1)c1ccc(C2CC2)c2ccccc12. The molecular formula is C20H20N2O2S. The Kier molecular flexibility index (Phi) is 4.17. The van der Waals surface area contributed by atoms with E-state index < -0.39 is 5.97 Å². The molecule has 4 nitrogen and oxygen atoms in total. The molecule has 0 amide bonds. The fourth-order valence-corrected chi connectivity index (χ4v) is 4.12. The van der Waals surface area contributed by atoms with Crippen molar-refractivity contribution in [2.45, 2.75) is 32.1 Å². The Morgan fingerprint density at radius 3 is 2.64 bits per heavy atom. The molecule has 5 heteroatoms. The molecule has 128 valence electrons. The first-order valence-corrected chi connectivity index (χ1v) is 9.49. The van der Waals surface area contributed by atoms with Crippen molar-refractivity contribution in [3.63, 3.8) is 0 Å². The fourth-order valence-electron chi connectivity index (χ4n) is 3.32. The van der Waals surface area contributed by atoms with E-state index in [4.69, 9.17) is 0 Å². The van der Waals surface area contributed by atoms with Gasteiger partial charge in [0.1, 0.15) is 4.88 Å². The van der Waals surface area contributed by atoms with E-state index in [0.29, 0.717) is 5.92 Å². The molecule has 0 atom stereocenters. The van der Waals surface area contributed by atoms with Gasteiger partial charge in [0.25, 0.3) is 0 Å². The lowest BCUT2D eigenvalue weighted by atomic mass is 9.99. The van der Waals surface area contributed by atoms with Crippen LogP contribution in [0.25, 0.3) is 10.8 Å². The molecule has 3 aromatic rings. The lowest BCUT2D eigenvalue weighted by Crippen LogP contribution is -2.18. The highest BCUT2D eigenvalue weighted by molar-refractivity contribution is 7.17. The van der Waals surface area contributed by atoms with Crippen molar-refractivity contribution in [2.24, 2.45) is 0 Å². The third-order valence-electron chi connectivity index (χ3n) is 4.63. The molecule has 1 N–H and O–H groups in total. The number of benzene rings is 2. The Morgan fingerprint density at radius 2 is 2.00 bits per heavy atom. The Bertz CT molecular complexity index is 930. The van der Waals surface area contributed by atoms with E-state index in [-0.39, 0.29) is 4.88 Å². The van der Waals surface area contributed by atoms with Crippen LogP contribution in [0.15, 0.2) is 42.6 Å². The first-order valence-electron chi connectivity index (χ1n) is 8.67. The molecule has 1 fully saturated rings. The summed E-state index contributed by atoms with van der Waals surface area (Å²) in [6.07, 6.45) is 4.96. The average Bonchev–Trinajstić information content (AvgIpc) is 3.34. The normalized spacial score (nSPS) is 14.0. The van der Waals surface area contributed by atoms with Crippen LogP contribution in [0.3, 0.4) is 0 Å². The van der Waals surface area contributed by atoms with Crippen molar-refractivity contribution in [2.75, 3.05) is 11.4 Å². The number of nitrogens with zero attached hydrogens (tertiary/aromatic N) is 2. The average molecular weight is 352 g/mol. The fraction of sp³-hybridized carbons (Fsp3) is 0.300. The third-order valence-corrected chi connectivity index (χ3v) is 5.63. The van der Waals surface area contributed by atoms with Crippen LogP contribution in [0.4, 0.5) is 10.8 Å². The van der Waals surface area contributed by atoms with Crippen molar-refractivity contribution < 1.29 is 9.90 Å². The zero-order valence-electron chi connectivity index (χ0n) is 14.1. The Hall–Kier alpha value is -2.40. The van der Waals surface area contributed by atoms with Gasteiger partial charge in [0.05, 0.1) is 11.9 Å². The highest BCUT2D eigenvalue weighted by Crippen LogP contribution is 2.45. The smallest absolute Gasteiger partial charge is 0.347 e. The van der Waals surface area contributed by atoms with Gasteiger partial charge < -0.3 is 10.0 Å². The number of aromatic nitrogens is 1. The van der Waals surface area contributed by atoms with Gasteiger partial charge in [0, 0.05) is 11.9 Å². The lowest BCUT2D eigenvalue weighted by molar-refractivity contribution is 0.0702. The summed E-state index contributed by atoms with van der Waals surface area (Å²) in [6, 6.07) is 12.9. The van der Waals surface area contributed by atoms with E-state index in [9.17, 15) is 9.90 Å². The molecule has 0 bridgehead atoms. The molecule has 2 aromatic carbocycles. The molecule has 25 heavy (non-hydrogen) atoms. The number of anilines is 2. The molecular weight excluding hydrogens is 332 g/mol. The second kappa shape index (κ2) is 6.48. The molecule has 4 rings (SSSR count). The first-order chi connectivity index (χ1) is 12.2. The summed E-state index contributed by atoms with van der Waals surface area (Å²) in [6.45, 7) is 2.93. The second-order valence-corrected chi connectivity index (χ2v) is 7.47. The molecule has 1 aliphatic rings. The number of aromatic carboxylic acids is 1. The van der Waals surface area contributed by atoms with Crippen molar-refractivity contribution in [3.8, 4) is 0 Å². The van der Waals surface area contributed by atoms with Gasteiger partial charge in [0.2, 0.25) is 0 Å². The summed E-state index contributed by atoms with van der Waals surface area (Å²) >= 11 is 1.23. The van der Waals surface area contributed by atoms with Gasteiger partial charge in [0.15, 0.2) is 5.13 Å². The maximum atomic E-state index is 11.2. The van der Waals surface area contributed by atoms with Crippen LogP contribution in [0.1, 0.15) is 47.3 Å². The number of hydrogen-bond donors (Lipinski definition) is 1. The molecule has 1 aliphatic carbocycles. The van der Waals surface area contributed by atoms with E-state index in [1.54, 1.807) is 0 Å². The van der Waals surface area contributed by atoms with Gasteiger partial charge >= 0.3 is 5.97 Å². The van der Waals surface area contributed by atoms with Crippen LogP contribution in [0.2, 0.25) is 0 Å². The van der Waals surface area contributed by atoms with Gasteiger partial charge in [-0.15, -0.1) is 0 Å². The summed E-state index contributed by atoms with van der Waals surface area (Å²) in [5, 5.41) is 12.5. The Labute approximate surface area is 150 Å². The van der Waals surface area contributed by atoms with E-state index >= 15 is 0 Å². The number of carboxylic acid groups (broad SMARTS) is 1. The van der Waals surface area contributed by atoms with Gasteiger partial charge in [-0.05, 0) is 42.2 Å². The minimum Gasteiger partial charge on any atom is -0.477 e. The van der Waals surface area contributed by atoms with Gasteiger partial charge in [-0.1, -0.05) is 48.6 Å². The monoisotopic (exact) mass is 352 g/mol. The van der Waals surface area contributed by atoms with E-state index in [1.807, 2.05) is 0 Å². The molecule has 0 unspecified atom stereocenters. The topological polar surface area (TPSA) is 53.4 Å². The number of rotatable bonds is 6. The first kappa shape index (κ1) is 16.1. The molecule has 1 aromatic heterocycles. The third kappa shape index (κ3) is 3.00. The lowest BCUT2D eigenvalue weighted by Gasteiger charge is -2.24. The summed E-state index contributed by atoms with van der Waals surface area (Å²) in [7, 11) is 0. The highest BCUT2D eigenvalue weighted by atomic mass is 32.1. The van der Waals surface area contributed by atoms with Crippen molar-refractivity contribution >= 4 is 38.9 Å². The molecule has 1 heterocycles. The minimum atomic E-state index is -0.922. The van der Waals surface area contributed by atoms with Crippen LogP contribution in [0.5, 0.6) is 0 Å². The predicted octanol–water partition coefficient (Wildman–Crippen LogP) is 5.42. The molecule has 0 saturated heterocycles. The van der Waals surface area contributed by atoms with Gasteiger partial charge in [-0.25, -0.2) is 9.78 Å². The maximum absolute atomic E-state index is 11.2. The predicted molar refractivity (Wildman–Crippen MR) is 102 cm³/mol. The second-order valence-electron chi connectivity index (χ2n) is 6.46. The highest BCUT2D eigenvalue weighted by Gasteiger charge is 2.26. The minimum absolute atomic E-state index is 0.273. The van der Waals surface area contributed by atoms with Crippen molar-refractivity contribution in [1.82, 2.24) is 4.98 Å². The van der Waals surface area contributed by atoms with Gasteiger partial charge in [-0.3, -0.25) is 0 Å². The van der Waals surface area contributed by atoms with Crippen LogP contribution in [-0.4, -0.2) is 22.6 Å². The van der Waals surface area contributed by atoms with Gasteiger partial charge in [-0.2, -0.15) is 0 Å². The zero-order chi connectivity index (χ0) is 17.4. The van der Waals surface area contributed by atoms with Crippen molar-refractivity contribution in [3.05, 3.63) is 53.0 Å². The van der Waals surface area contributed by atoms with Crippen LogP contribution in [0, 0.1) is 0 Å². The summed E-state index contributed by atoms with van der Waals surface area (Å²) in [5.41, 5.74) is 2.54. The molecule has 0 radical (unpaired) electrons. The summed E-state index contributed by atoms with van der Waals surface area (Å²) in [4.78, 5) is 18.0. The molecule has 0 spiro atoms. The van der Waals surface area contributed by atoms with Crippen LogP contribution < -0.4 is 4.90 Å². The quantitative estimate of drug-likeness (QED) is 0.643. The number of carboxylic acids is 1. The number of hydrogen-bond acceptors (Lipinski definition) is 4. The summed E-state index contributed by atoms with van der Waals surface area (Å²) in [5.74, 6) is -0.230. The van der Waals surface area contributed by atoms with E-state index in [1.165, 1.54) is 46.7 Å². The number of thiazole rings is 1. The molecule has 1 saturated carbocycles. The van der Waals surface area contributed by atoms with Crippen LogP contribution >= 0.6 is 11.3 Å². The number of fused-ring (bicyclic) bond motifs is 1. The Balaban J connectivity index is 1.84. The Morgan fingerprint density at radius 1 is 1.24 bits per heavy atom.